The van der Waals surface area contributed by atoms with E-state index in [9.17, 15) is 14.7 Å². The van der Waals surface area contributed by atoms with E-state index in [2.05, 4.69) is 0 Å². The highest BCUT2D eigenvalue weighted by Crippen LogP contribution is 2.42. The summed E-state index contributed by atoms with van der Waals surface area (Å²) in [5, 5.41) is 11.6. The summed E-state index contributed by atoms with van der Waals surface area (Å²) >= 11 is 6.37. The Hall–Kier alpha value is -3.97. The molecular formula is C28H26ClNO6. The summed E-state index contributed by atoms with van der Waals surface area (Å²) in [7, 11) is 3.06. The van der Waals surface area contributed by atoms with Crippen molar-refractivity contribution >= 4 is 29.1 Å². The van der Waals surface area contributed by atoms with E-state index in [1.54, 1.807) is 55.6 Å². The van der Waals surface area contributed by atoms with Gasteiger partial charge in [-0.15, -0.1) is 0 Å². The molecule has 0 radical (unpaired) electrons. The number of aliphatic hydroxyl groups excluding tert-OH is 1. The summed E-state index contributed by atoms with van der Waals surface area (Å²) < 4.78 is 16.0. The summed E-state index contributed by atoms with van der Waals surface area (Å²) in [5.74, 6) is -0.0934. The van der Waals surface area contributed by atoms with Crippen molar-refractivity contribution < 1.29 is 28.9 Å². The zero-order valence-corrected chi connectivity index (χ0v) is 20.9. The number of carbonyl (C=O) groups is 2. The highest BCUT2D eigenvalue weighted by molar-refractivity contribution is 6.47. The summed E-state index contributed by atoms with van der Waals surface area (Å²) in [5.41, 5.74) is 1.60. The molecule has 8 heteroatoms. The number of benzene rings is 3. The molecule has 3 aromatic rings. The first-order valence-corrected chi connectivity index (χ1v) is 11.7. The van der Waals surface area contributed by atoms with Crippen LogP contribution in [0.5, 0.6) is 17.2 Å². The van der Waals surface area contributed by atoms with Crippen molar-refractivity contribution in [2.75, 3.05) is 20.8 Å². The van der Waals surface area contributed by atoms with Crippen LogP contribution in [0.1, 0.15) is 29.7 Å². The maximum Gasteiger partial charge on any atom is 0.295 e. The molecule has 3 aromatic carbocycles. The molecule has 1 atom stereocenters. The molecule has 36 heavy (non-hydrogen) atoms. The number of likely N-dealkylation sites (tertiary alicyclic amines) is 1. The van der Waals surface area contributed by atoms with Gasteiger partial charge in [-0.2, -0.15) is 0 Å². The number of nitrogens with zero attached hydrogens (tertiary/aromatic N) is 1. The van der Waals surface area contributed by atoms with Crippen LogP contribution in [0.4, 0.5) is 0 Å². The Kier molecular flexibility index (Phi) is 7.50. The predicted molar refractivity (Wildman–Crippen MR) is 136 cm³/mol. The van der Waals surface area contributed by atoms with Crippen LogP contribution in [0.2, 0.25) is 5.02 Å². The molecule has 1 aliphatic rings. The molecule has 4 rings (SSSR count). The quantitative estimate of drug-likeness (QED) is 0.250. The molecule has 0 spiro atoms. The third kappa shape index (κ3) is 4.88. The Morgan fingerprint density at radius 2 is 1.53 bits per heavy atom. The lowest BCUT2D eigenvalue weighted by Crippen LogP contribution is -2.29. The number of hydrogen-bond acceptors (Lipinski definition) is 6. The number of aliphatic hydroxyl groups is 1. The predicted octanol–water partition coefficient (Wildman–Crippen LogP) is 5.38. The molecule has 1 saturated heterocycles. The van der Waals surface area contributed by atoms with Gasteiger partial charge in [-0.1, -0.05) is 35.9 Å². The van der Waals surface area contributed by atoms with E-state index in [-0.39, 0.29) is 28.5 Å². The Morgan fingerprint density at radius 3 is 2.14 bits per heavy atom. The lowest BCUT2D eigenvalue weighted by molar-refractivity contribution is -0.140. The molecule has 1 unspecified atom stereocenters. The number of Topliss-reactive ketones (excluding diaryl/α,β-unsaturated/α-hetero) is 1. The zero-order valence-electron chi connectivity index (χ0n) is 20.2. The Balaban J connectivity index is 1.84. The number of ketones is 1. The van der Waals surface area contributed by atoms with Crippen molar-refractivity contribution in [3.05, 3.63) is 94.0 Å². The number of rotatable bonds is 8. The van der Waals surface area contributed by atoms with Gasteiger partial charge in [0.05, 0.1) is 37.5 Å². The fourth-order valence-corrected chi connectivity index (χ4v) is 4.40. The first-order chi connectivity index (χ1) is 17.4. The normalized spacial score (nSPS) is 16.8. The second kappa shape index (κ2) is 10.7. The number of methoxy groups -OCH3 is 2. The number of halogens is 1. The Bertz CT molecular complexity index is 1300. The van der Waals surface area contributed by atoms with Crippen LogP contribution < -0.4 is 14.2 Å². The van der Waals surface area contributed by atoms with Gasteiger partial charge in [-0.25, -0.2) is 0 Å². The number of amides is 1. The number of hydrogen-bond donors (Lipinski definition) is 1. The molecule has 1 N–H and O–H groups in total. The van der Waals surface area contributed by atoms with Crippen molar-refractivity contribution in [1.82, 2.24) is 4.90 Å². The molecule has 0 bridgehead atoms. The van der Waals surface area contributed by atoms with Crippen LogP contribution in [0.15, 0.2) is 72.3 Å². The van der Waals surface area contributed by atoms with Gasteiger partial charge in [-0.05, 0) is 60.5 Å². The summed E-state index contributed by atoms with van der Waals surface area (Å²) in [4.78, 5) is 28.0. The van der Waals surface area contributed by atoms with E-state index in [1.165, 1.54) is 18.1 Å². The monoisotopic (exact) mass is 507 g/mol. The standard InChI is InChI=1S/C28H26ClNO6/c1-4-36-20-11-7-18(8-12-20)25-24(26(31)22-15-21(35-3)13-14-23(22)29)27(32)28(33)30(25)16-17-5-9-19(34-2)10-6-17/h5-15,25,31H,4,16H2,1-3H3/b26-24+. The minimum atomic E-state index is -0.843. The molecule has 1 aliphatic heterocycles. The Morgan fingerprint density at radius 1 is 0.917 bits per heavy atom. The molecule has 0 aromatic heterocycles. The van der Waals surface area contributed by atoms with Gasteiger partial charge in [0, 0.05) is 12.1 Å². The van der Waals surface area contributed by atoms with Gasteiger partial charge in [0.1, 0.15) is 23.0 Å². The highest BCUT2D eigenvalue weighted by Gasteiger charge is 2.46. The van der Waals surface area contributed by atoms with E-state index in [0.29, 0.717) is 29.4 Å². The molecular weight excluding hydrogens is 482 g/mol. The van der Waals surface area contributed by atoms with Gasteiger partial charge in [0.2, 0.25) is 0 Å². The fourth-order valence-electron chi connectivity index (χ4n) is 4.19. The van der Waals surface area contributed by atoms with Crippen molar-refractivity contribution in [2.24, 2.45) is 0 Å². The lowest BCUT2D eigenvalue weighted by Gasteiger charge is -2.26. The van der Waals surface area contributed by atoms with Crippen LogP contribution in [-0.4, -0.2) is 42.5 Å². The van der Waals surface area contributed by atoms with Gasteiger partial charge < -0.3 is 24.2 Å². The summed E-state index contributed by atoms with van der Waals surface area (Å²) in [6, 6.07) is 18.2. The van der Waals surface area contributed by atoms with E-state index < -0.39 is 17.7 Å². The average molecular weight is 508 g/mol. The second-order valence-electron chi connectivity index (χ2n) is 8.12. The van der Waals surface area contributed by atoms with Crippen molar-refractivity contribution in [3.63, 3.8) is 0 Å². The van der Waals surface area contributed by atoms with Gasteiger partial charge in [0.25, 0.3) is 11.7 Å². The largest absolute Gasteiger partial charge is 0.507 e. The third-order valence-electron chi connectivity index (χ3n) is 5.99. The maximum absolute atomic E-state index is 13.3. The van der Waals surface area contributed by atoms with Gasteiger partial charge >= 0.3 is 0 Å². The molecule has 7 nitrogen and oxygen atoms in total. The first-order valence-electron chi connectivity index (χ1n) is 11.4. The van der Waals surface area contributed by atoms with Crippen LogP contribution in [0.25, 0.3) is 5.76 Å². The van der Waals surface area contributed by atoms with Crippen LogP contribution >= 0.6 is 11.6 Å². The average Bonchev–Trinajstić information content (AvgIpc) is 3.14. The maximum atomic E-state index is 13.3. The molecule has 1 amide bonds. The third-order valence-corrected chi connectivity index (χ3v) is 6.32. The van der Waals surface area contributed by atoms with E-state index in [1.807, 2.05) is 19.1 Å². The van der Waals surface area contributed by atoms with Crippen molar-refractivity contribution in [3.8, 4) is 17.2 Å². The van der Waals surface area contributed by atoms with Crippen LogP contribution in [-0.2, 0) is 16.1 Å². The lowest BCUT2D eigenvalue weighted by atomic mass is 9.95. The highest BCUT2D eigenvalue weighted by atomic mass is 35.5. The second-order valence-corrected chi connectivity index (χ2v) is 8.53. The number of ether oxygens (including phenoxy) is 3. The summed E-state index contributed by atoms with van der Waals surface area (Å²) in [6.45, 7) is 2.54. The topological polar surface area (TPSA) is 85.3 Å². The molecule has 0 saturated carbocycles. The minimum Gasteiger partial charge on any atom is -0.507 e. The van der Waals surface area contributed by atoms with Gasteiger partial charge in [-0.3, -0.25) is 9.59 Å². The van der Waals surface area contributed by atoms with E-state index >= 15 is 0 Å². The van der Waals surface area contributed by atoms with Crippen molar-refractivity contribution in [1.29, 1.82) is 0 Å². The summed E-state index contributed by atoms with van der Waals surface area (Å²) in [6.07, 6.45) is 0. The molecule has 1 heterocycles. The van der Waals surface area contributed by atoms with Crippen molar-refractivity contribution in [2.45, 2.75) is 19.5 Å². The zero-order chi connectivity index (χ0) is 25.8. The SMILES string of the molecule is CCOc1ccc(C2/C(=C(\O)c3cc(OC)ccc3Cl)C(=O)C(=O)N2Cc2ccc(OC)cc2)cc1. The van der Waals surface area contributed by atoms with Gasteiger partial charge in [0.15, 0.2) is 0 Å². The Labute approximate surface area is 214 Å². The van der Waals surface area contributed by atoms with E-state index in [4.69, 9.17) is 25.8 Å². The van der Waals surface area contributed by atoms with Crippen LogP contribution in [0, 0.1) is 0 Å². The van der Waals surface area contributed by atoms with E-state index in [0.717, 1.165) is 5.56 Å². The van der Waals surface area contributed by atoms with Crippen LogP contribution in [0.3, 0.4) is 0 Å². The number of carbonyl (C=O) groups excluding carboxylic acids is 2. The molecule has 0 aliphatic carbocycles. The molecule has 186 valence electrons. The fraction of sp³-hybridized carbons (Fsp3) is 0.214. The smallest absolute Gasteiger partial charge is 0.295 e. The first kappa shape index (κ1) is 25.1. The molecule has 1 fully saturated rings. The minimum absolute atomic E-state index is 0.0483.